The van der Waals surface area contributed by atoms with E-state index in [4.69, 9.17) is 9.47 Å². The van der Waals surface area contributed by atoms with Crippen molar-refractivity contribution in [2.45, 2.75) is 92.4 Å². The molecule has 0 amide bonds. The fourth-order valence-electron chi connectivity index (χ4n) is 3.18. The summed E-state index contributed by atoms with van der Waals surface area (Å²) in [6.07, 6.45) is 0. The number of ether oxygens (including phenoxy) is 2. The topological polar surface area (TPSA) is 30.5 Å². The average molecular weight is 591 g/mol. The molecule has 3 nitrogen and oxygen atoms in total. The Kier molecular flexibility index (Phi) is 10.8. The number of rotatable bonds is 8. The van der Waals surface area contributed by atoms with Gasteiger partial charge in [0.2, 0.25) is 0 Å². The minimum atomic E-state index is -0.921. The Morgan fingerprint density at radius 3 is 1.44 bits per heavy atom. The molecule has 0 heterocycles. The van der Waals surface area contributed by atoms with Crippen LogP contribution in [0.15, 0.2) is 33.1 Å². The molecule has 0 bridgehead atoms. The lowest BCUT2D eigenvalue weighted by Gasteiger charge is -2.34. The highest BCUT2D eigenvalue weighted by Gasteiger charge is 2.30. The third-order valence-electron chi connectivity index (χ3n) is 4.91. The Bertz CT molecular complexity index is 771. The predicted octanol–water partition coefficient (Wildman–Crippen LogP) is 9.85. The van der Waals surface area contributed by atoms with Crippen LogP contribution in [0.4, 0.5) is 5.69 Å². The summed E-state index contributed by atoms with van der Waals surface area (Å²) in [6.45, 7) is 25.7. The van der Waals surface area contributed by atoms with Gasteiger partial charge in [-0.25, -0.2) is 0 Å². The van der Waals surface area contributed by atoms with Crippen LogP contribution in [0, 0.1) is 0 Å². The Morgan fingerprint density at radius 1 is 0.781 bits per heavy atom. The molecule has 0 aliphatic heterocycles. The van der Waals surface area contributed by atoms with Crippen LogP contribution in [0.3, 0.4) is 0 Å². The molecule has 0 radical (unpaired) electrons. The van der Waals surface area contributed by atoms with Crippen molar-refractivity contribution in [2.75, 3.05) is 18.3 Å². The summed E-state index contributed by atoms with van der Waals surface area (Å²) in [4.78, 5) is 0. The number of nitrogens with one attached hydrogen (secondary N) is 1. The molecule has 6 heteroatoms. The number of anilines is 1. The van der Waals surface area contributed by atoms with Crippen LogP contribution < -0.4 is 5.09 Å². The quantitative estimate of drug-likeness (QED) is 0.241. The highest BCUT2D eigenvalue weighted by molar-refractivity contribution is 9.12. The van der Waals surface area contributed by atoms with E-state index >= 15 is 0 Å². The fourth-order valence-corrected chi connectivity index (χ4v) is 6.25. The second-order valence-electron chi connectivity index (χ2n) is 10.9. The molecule has 0 spiro atoms. The van der Waals surface area contributed by atoms with Gasteiger partial charge in [-0.15, -0.1) is 0 Å². The highest BCUT2D eigenvalue weighted by atomic mass is 79.9. The van der Waals surface area contributed by atoms with Gasteiger partial charge in [0.1, 0.15) is 0 Å². The smallest absolute Gasteiger partial charge is 0.164 e. The van der Waals surface area contributed by atoms with E-state index in [1.54, 1.807) is 0 Å². The van der Waals surface area contributed by atoms with E-state index in [-0.39, 0.29) is 16.2 Å². The van der Waals surface area contributed by atoms with Crippen molar-refractivity contribution in [3.05, 3.63) is 49.8 Å². The van der Waals surface area contributed by atoms with Gasteiger partial charge in [0.15, 0.2) is 9.34 Å². The van der Waals surface area contributed by atoms with Crippen LogP contribution in [0.2, 0.25) is 0 Å². The van der Waals surface area contributed by atoms with Gasteiger partial charge in [-0.05, 0) is 78.6 Å². The SMILES string of the molecule is CCO/C(Br)=C/P(/C=C(\Br)OCC)Nc1c(C(C)(C)C)cc(C(C)(C)C)cc1C(C)(C)C. The monoisotopic (exact) mass is 589 g/mol. The molecule has 0 atom stereocenters. The van der Waals surface area contributed by atoms with Crippen molar-refractivity contribution in [1.29, 1.82) is 0 Å². The third-order valence-corrected chi connectivity index (χ3v) is 8.04. The standard InChI is InChI=1S/C26H42Br2NO2P/c1-12-30-21(27)16-32(17-22(28)31-13-2)29-23-19(25(6,7)8)14-18(24(3,4)5)15-20(23)26(9,10)11/h14-17,29H,12-13H2,1-11H3/b21-16+,22-17+. The maximum Gasteiger partial charge on any atom is 0.164 e. The van der Waals surface area contributed by atoms with Crippen molar-refractivity contribution in [3.8, 4) is 0 Å². The number of halogens is 2. The minimum Gasteiger partial charge on any atom is -0.487 e. The molecule has 0 saturated heterocycles. The zero-order valence-corrected chi connectivity index (χ0v) is 25.8. The lowest BCUT2D eigenvalue weighted by atomic mass is 9.74. The van der Waals surface area contributed by atoms with Gasteiger partial charge in [0.05, 0.1) is 13.2 Å². The number of hydrogen-bond donors (Lipinski definition) is 1. The molecule has 0 fully saturated rings. The summed E-state index contributed by atoms with van der Waals surface area (Å²) in [5, 5.41) is 3.88. The van der Waals surface area contributed by atoms with Gasteiger partial charge >= 0.3 is 0 Å². The van der Waals surface area contributed by atoms with E-state index in [0.717, 1.165) is 9.34 Å². The zero-order valence-electron chi connectivity index (χ0n) is 21.7. The Labute approximate surface area is 214 Å². The van der Waals surface area contributed by atoms with Crippen LogP contribution in [0.5, 0.6) is 0 Å². The van der Waals surface area contributed by atoms with E-state index in [0.29, 0.717) is 13.2 Å². The summed E-state index contributed by atoms with van der Waals surface area (Å²) in [6, 6.07) is 4.77. The second-order valence-corrected chi connectivity index (χ2v) is 14.1. The fraction of sp³-hybridized carbons (Fsp3) is 0.615. The molecule has 0 aliphatic rings. The summed E-state index contributed by atoms with van der Waals surface area (Å²) in [5.74, 6) is 4.19. The van der Waals surface area contributed by atoms with E-state index < -0.39 is 8.07 Å². The molecule has 1 N–H and O–H groups in total. The molecular weight excluding hydrogens is 549 g/mol. The van der Waals surface area contributed by atoms with Gasteiger partial charge in [0.25, 0.3) is 0 Å². The van der Waals surface area contributed by atoms with Gasteiger partial charge < -0.3 is 14.6 Å². The first kappa shape index (κ1) is 29.5. The summed E-state index contributed by atoms with van der Waals surface area (Å²) in [5.41, 5.74) is 5.23. The van der Waals surface area contributed by atoms with E-state index in [1.807, 2.05) is 13.8 Å². The second kappa shape index (κ2) is 11.8. The Hall–Kier alpha value is -0.510. The zero-order chi connectivity index (χ0) is 24.9. The largest absolute Gasteiger partial charge is 0.487 e. The summed E-state index contributed by atoms with van der Waals surface area (Å²) < 4.78 is 12.8. The first-order chi connectivity index (χ1) is 14.5. The maximum atomic E-state index is 5.68. The molecule has 182 valence electrons. The molecule has 0 aliphatic carbocycles. The van der Waals surface area contributed by atoms with Crippen molar-refractivity contribution in [1.82, 2.24) is 0 Å². The molecule has 0 unspecified atom stereocenters. The van der Waals surface area contributed by atoms with Crippen molar-refractivity contribution < 1.29 is 9.47 Å². The molecular formula is C26H42Br2NO2P. The molecule has 0 saturated carbocycles. The molecule has 1 rings (SSSR count). The van der Waals surface area contributed by atoms with Crippen molar-refractivity contribution in [2.24, 2.45) is 0 Å². The highest BCUT2D eigenvalue weighted by Crippen LogP contribution is 2.49. The van der Waals surface area contributed by atoms with E-state index in [2.05, 4.69) is 123 Å². The van der Waals surface area contributed by atoms with Crippen LogP contribution in [0.1, 0.15) is 92.9 Å². The lowest BCUT2D eigenvalue weighted by molar-refractivity contribution is 0.260. The Morgan fingerprint density at radius 2 is 1.16 bits per heavy atom. The van der Waals surface area contributed by atoms with Crippen LogP contribution in [-0.4, -0.2) is 13.2 Å². The van der Waals surface area contributed by atoms with Gasteiger partial charge in [-0.1, -0.05) is 74.4 Å². The first-order valence-electron chi connectivity index (χ1n) is 11.2. The van der Waals surface area contributed by atoms with Gasteiger partial charge in [-0.3, -0.25) is 0 Å². The number of benzene rings is 1. The van der Waals surface area contributed by atoms with Crippen LogP contribution >= 0.6 is 39.9 Å². The predicted molar refractivity (Wildman–Crippen MR) is 150 cm³/mol. The van der Waals surface area contributed by atoms with E-state index in [9.17, 15) is 0 Å². The normalized spacial score (nSPS) is 14.9. The van der Waals surface area contributed by atoms with Crippen molar-refractivity contribution in [3.63, 3.8) is 0 Å². The first-order valence-corrected chi connectivity index (χ1v) is 14.3. The van der Waals surface area contributed by atoms with Gasteiger partial charge in [0, 0.05) is 25.4 Å². The summed E-state index contributed by atoms with van der Waals surface area (Å²) in [7, 11) is -0.921. The van der Waals surface area contributed by atoms with Crippen molar-refractivity contribution >= 4 is 45.6 Å². The van der Waals surface area contributed by atoms with Gasteiger partial charge in [-0.2, -0.15) is 0 Å². The maximum absolute atomic E-state index is 5.68. The Balaban J connectivity index is 3.80. The molecule has 1 aromatic rings. The molecule has 0 aromatic heterocycles. The minimum absolute atomic E-state index is 0.0215. The lowest BCUT2D eigenvalue weighted by Crippen LogP contribution is -2.23. The third kappa shape index (κ3) is 9.03. The molecule has 32 heavy (non-hydrogen) atoms. The van der Waals surface area contributed by atoms with Crippen LogP contribution in [0.25, 0.3) is 0 Å². The van der Waals surface area contributed by atoms with Crippen LogP contribution in [-0.2, 0) is 25.7 Å². The average Bonchev–Trinajstić information content (AvgIpc) is 2.59. The number of hydrogen-bond acceptors (Lipinski definition) is 3. The van der Waals surface area contributed by atoms with E-state index in [1.165, 1.54) is 22.4 Å². The molecule has 1 aromatic carbocycles. The summed E-state index contributed by atoms with van der Waals surface area (Å²) >= 11 is 7.13.